The van der Waals surface area contributed by atoms with Crippen LogP contribution in [0.4, 0.5) is 14.5 Å². The number of hydrogen-bond acceptors (Lipinski definition) is 4. The number of hydrogen-bond donors (Lipinski definition) is 1. The first-order valence-electron chi connectivity index (χ1n) is 7.68. The molecule has 26 heavy (non-hydrogen) atoms. The molecule has 0 saturated carbocycles. The van der Waals surface area contributed by atoms with Gasteiger partial charge in [-0.25, -0.2) is 18.3 Å². The number of nitrogens with zero attached hydrogens (tertiary/aromatic N) is 3. The molecule has 1 amide bonds. The smallest absolute Gasteiger partial charge is 0.324 e. The maximum atomic E-state index is 13.1. The van der Waals surface area contributed by atoms with Crippen LogP contribution in [-0.4, -0.2) is 20.7 Å². The molecule has 0 aliphatic heterocycles. The third-order valence-corrected chi connectivity index (χ3v) is 3.54. The fraction of sp³-hybridized carbons (Fsp3) is 0.111. The molecular formula is C18H14F2N4O2. The summed E-state index contributed by atoms with van der Waals surface area (Å²) in [6, 6.07) is 10.0. The number of carbonyl (C=O) groups is 1. The van der Waals surface area contributed by atoms with Crippen LogP contribution in [0.25, 0.3) is 11.3 Å². The zero-order valence-electron chi connectivity index (χ0n) is 13.7. The minimum Gasteiger partial charge on any atom is -0.324 e. The summed E-state index contributed by atoms with van der Waals surface area (Å²) in [7, 11) is 0. The Morgan fingerprint density at radius 1 is 1.12 bits per heavy atom. The predicted molar refractivity (Wildman–Crippen MR) is 91.5 cm³/mol. The Kier molecular flexibility index (Phi) is 4.83. The van der Waals surface area contributed by atoms with Crippen LogP contribution in [0.15, 0.2) is 53.5 Å². The Labute approximate surface area is 147 Å². The van der Waals surface area contributed by atoms with Gasteiger partial charge in [-0.05, 0) is 19.1 Å². The lowest BCUT2D eigenvalue weighted by Crippen LogP contribution is -2.31. The number of anilines is 1. The van der Waals surface area contributed by atoms with Crippen molar-refractivity contribution >= 4 is 11.6 Å². The van der Waals surface area contributed by atoms with Crippen LogP contribution in [0.2, 0.25) is 0 Å². The highest BCUT2D eigenvalue weighted by atomic mass is 19.1. The second kappa shape index (κ2) is 7.22. The monoisotopic (exact) mass is 356 g/mol. The summed E-state index contributed by atoms with van der Waals surface area (Å²) in [5.41, 5.74) is 1.43. The average molecular weight is 356 g/mol. The van der Waals surface area contributed by atoms with Crippen LogP contribution in [0.1, 0.15) is 5.56 Å². The molecule has 0 unspecified atom stereocenters. The Balaban J connectivity index is 1.74. The number of carbonyl (C=O) groups excluding carboxylic acids is 1. The molecule has 0 radical (unpaired) electrons. The molecule has 8 heteroatoms. The van der Waals surface area contributed by atoms with Gasteiger partial charge < -0.3 is 5.32 Å². The quantitative estimate of drug-likeness (QED) is 0.779. The van der Waals surface area contributed by atoms with Gasteiger partial charge in [-0.3, -0.25) is 4.79 Å². The molecule has 1 N–H and O–H groups in total. The summed E-state index contributed by atoms with van der Waals surface area (Å²) in [5.74, 6) is -2.30. The fourth-order valence-electron chi connectivity index (χ4n) is 2.30. The number of aryl methyl sites for hydroxylation is 1. The van der Waals surface area contributed by atoms with Crippen molar-refractivity contribution in [2.24, 2.45) is 0 Å². The van der Waals surface area contributed by atoms with Gasteiger partial charge in [0.2, 0.25) is 5.91 Å². The molecule has 1 heterocycles. The maximum Gasteiger partial charge on any atom is 0.365 e. The maximum absolute atomic E-state index is 13.1. The SMILES string of the molecule is Cc1ccc(-c2cnn(CC(=O)Nc3cc(F)cc(F)c3)c(=O)n2)cc1. The van der Waals surface area contributed by atoms with E-state index in [0.29, 0.717) is 11.8 Å². The van der Waals surface area contributed by atoms with Crippen molar-refractivity contribution in [3.05, 3.63) is 76.3 Å². The van der Waals surface area contributed by atoms with Gasteiger partial charge in [0.05, 0.1) is 11.9 Å². The highest BCUT2D eigenvalue weighted by Gasteiger charge is 2.10. The first-order chi connectivity index (χ1) is 12.4. The molecule has 0 bridgehead atoms. The second-order valence-electron chi connectivity index (χ2n) is 5.65. The number of amides is 1. The van der Waals surface area contributed by atoms with E-state index in [4.69, 9.17) is 0 Å². The molecule has 0 aliphatic carbocycles. The summed E-state index contributed by atoms with van der Waals surface area (Å²) in [6.45, 7) is 1.51. The van der Waals surface area contributed by atoms with E-state index in [9.17, 15) is 18.4 Å². The number of aromatic nitrogens is 3. The van der Waals surface area contributed by atoms with Crippen molar-refractivity contribution in [2.45, 2.75) is 13.5 Å². The van der Waals surface area contributed by atoms with Gasteiger partial charge in [0.1, 0.15) is 18.2 Å². The Morgan fingerprint density at radius 3 is 2.38 bits per heavy atom. The number of rotatable bonds is 4. The molecule has 3 rings (SSSR count). The molecule has 2 aromatic carbocycles. The van der Waals surface area contributed by atoms with Crippen molar-refractivity contribution in [1.82, 2.24) is 14.8 Å². The van der Waals surface area contributed by atoms with Gasteiger partial charge in [-0.1, -0.05) is 29.8 Å². The predicted octanol–water partition coefficient (Wildman–Crippen LogP) is 2.53. The highest BCUT2D eigenvalue weighted by molar-refractivity contribution is 5.90. The van der Waals surface area contributed by atoms with E-state index in [-0.39, 0.29) is 5.69 Å². The molecule has 0 saturated heterocycles. The van der Waals surface area contributed by atoms with Crippen LogP contribution in [0.3, 0.4) is 0 Å². The molecular weight excluding hydrogens is 342 g/mol. The third-order valence-electron chi connectivity index (χ3n) is 3.54. The van der Waals surface area contributed by atoms with E-state index in [0.717, 1.165) is 27.9 Å². The highest BCUT2D eigenvalue weighted by Crippen LogP contribution is 2.15. The third kappa shape index (κ3) is 4.15. The van der Waals surface area contributed by atoms with Gasteiger partial charge in [0.25, 0.3) is 0 Å². The first-order valence-corrected chi connectivity index (χ1v) is 7.68. The number of benzene rings is 2. The molecule has 6 nitrogen and oxygen atoms in total. The minimum absolute atomic E-state index is 0.0511. The van der Waals surface area contributed by atoms with E-state index >= 15 is 0 Å². The summed E-state index contributed by atoms with van der Waals surface area (Å²) in [5, 5.41) is 6.23. The Bertz CT molecular complexity index is 996. The largest absolute Gasteiger partial charge is 0.365 e. The molecule has 0 fully saturated rings. The van der Waals surface area contributed by atoms with Gasteiger partial charge in [-0.15, -0.1) is 0 Å². The van der Waals surface area contributed by atoms with Crippen LogP contribution >= 0.6 is 0 Å². The standard InChI is InChI=1S/C18H14F2N4O2/c1-11-2-4-12(5-3-11)16-9-21-24(18(26)23-16)10-17(25)22-15-7-13(19)6-14(20)8-15/h2-9H,10H2,1H3,(H,22,25). The van der Waals surface area contributed by atoms with E-state index in [1.165, 1.54) is 6.20 Å². The zero-order valence-corrected chi connectivity index (χ0v) is 13.7. The lowest BCUT2D eigenvalue weighted by Gasteiger charge is -2.07. The van der Waals surface area contributed by atoms with Crippen LogP contribution in [0.5, 0.6) is 0 Å². The number of halogens is 2. The molecule has 1 aromatic heterocycles. The van der Waals surface area contributed by atoms with Gasteiger partial charge in [0.15, 0.2) is 0 Å². The van der Waals surface area contributed by atoms with Crippen molar-refractivity contribution in [2.75, 3.05) is 5.32 Å². The lowest BCUT2D eigenvalue weighted by molar-refractivity contribution is -0.117. The first kappa shape index (κ1) is 17.4. The molecule has 0 atom stereocenters. The summed E-state index contributed by atoms with van der Waals surface area (Å²) < 4.78 is 27.1. The van der Waals surface area contributed by atoms with Crippen molar-refractivity contribution in [3.63, 3.8) is 0 Å². The van der Waals surface area contributed by atoms with E-state index in [1.54, 1.807) is 0 Å². The van der Waals surface area contributed by atoms with Crippen LogP contribution in [0, 0.1) is 18.6 Å². The molecule has 132 valence electrons. The lowest BCUT2D eigenvalue weighted by atomic mass is 10.1. The fourth-order valence-corrected chi connectivity index (χ4v) is 2.30. The van der Waals surface area contributed by atoms with Gasteiger partial charge >= 0.3 is 5.69 Å². The number of nitrogens with one attached hydrogen (secondary N) is 1. The van der Waals surface area contributed by atoms with Crippen molar-refractivity contribution in [1.29, 1.82) is 0 Å². The minimum atomic E-state index is -0.820. The summed E-state index contributed by atoms with van der Waals surface area (Å²) in [4.78, 5) is 27.9. The normalized spacial score (nSPS) is 10.6. The van der Waals surface area contributed by atoms with Crippen molar-refractivity contribution < 1.29 is 13.6 Å². The molecule has 0 aliphatic rings. The molecule has 0 spiro atoms. The zero-order chi connectivity index (χ0) is 18.7. The van der Waals surface area contributed by atoms with Crippen LogP contribution in [-0.2, 0) is 11.3 Å². The van der Waals surface area contributed by atoms with Gasteiger partial charge in [0, 0.05) is 17.3 Å². The van der Waals surface area contributed by atoms with Crippen molar-refractivity contribution in [3.8, 4) is 11.3 Å². The Morgan fingerprint density at radius 2 is 1.77 bits per heavy atom. The Hall–Kier alpha value is -3.42. The van der Waals surface area contributed by atoms with E-state index < -0.39 is 29.8 Å². The van der Waals surface area contributed by atoms with E-state index in [1.807, 2.05) is 31.2 Å². The average Bonchev–Trinajstić information content (AvgIpc) is 2.56. The molecule has 3 aromatic rings. The summed E-state index contributed by atoms with van der Waals surface area (Å²) >= 11 is 0. The summed E-state index contributed by atoms with van der Waals surface area (Å²) in [6.07, 6.45) is 1.38. The van der Waals surface area contributed by atoms with Crippen LogP contribution < -0.4 is 11.0 Å². The van der Waals surface area contributed by atoms with E-state index in [2.05, 4.69) is 15.4 Å². The van der Waals surface area contributed by atoms with Gasteiger partial charge in [-0.2, -0.15) is 10.1 Å². The second-order valence-corrected chi connectivity index (χ2v) is 5.65. The topological polar surface area (TPSA) is 76.9 Å².